The lowest BCUT2D eigenvalue weighted by molar-refractivity contribution is -0.152. The average Bonchev–Trinajstić information content (AvgIpc) is 3.15. The Morgan fingerprint density at radius 1 is 1.17 bits per heavy atom. The first-order valence-electron chi connectivity index (χ1n) is 10.8. The highest BCUT2D eigenvalue weighted by atomic mass is 32.1. The van der Waals surface area contributed by atoms with E-state index in [-0.39, 0.29) is 5.91 Å². The summed E-state index contributed by atoms with van der Waals surface area (Å²) in [4.78, 5) is 31.5. The molecule has 0 atom stereocenters. The van der Waals surface area contributed by atoms with Gasteiger partial charge in [0.25, 0.3) is 5.91 Å². The first-order valence-corrected chi connectivity index (χ1v) is 11.7. The van der Waals surface area contributed by atoms with E-state index in [0.717, 1.165) is 28.3 Å². The van der Waals surface area contributed by atoms with Crippen LogP contribution in [-0.4, -0.2) is 39.0 Å². The molecule has 1 aromatic heterocycles. The average molecular weight is 505 g/mol. The summed E-state index contributed by atoms with van der Waals surface area (Å²) in [7, 11) is 0. The molecular weight excluding hydrogens is 481 g/mol. The number of aryl methyl sites for hydroxylation is 1. The summed E-state index contributed by atoms with van der Waals surface area (Å²) < 4.78 is 44.1. The van der Waals surface area contributed by atoms with Crippen molar-refractivity contribution in [2.45, 2.75) is 45.5 Å². The molecule has 35 heavy (non-hydrogen) atoms. The SMILES string of the molecule is Cc1nc(-c2ccc(C(F)(F)F)cc2)sc1CN1CCc2cc(OC(C)(C)C(=O)O)ccc2C1=O. The van der Waals surface area contributed by atoms with Gasteiger partial charge in [-0.15, -0.1) is 11.3 Å². The third-order valence-corrected chi connectivity index (χ3v) is 7.01. The van der Waals surface area contributed by atoms with Gasteiger partial charge in [0.1, 0.15) is 10.8 Å². The Labute approximate surface area is 204 Å². The molecule has 3 aromatic rings. The molecule has 184 valence electrons. The Morgan fingerprint density at radius 2 is 1.86 bits per heavy atom. The minimum Gasteiger partial charge on any atom is -0.478 e. The largest absolute Gasteiger partial charge is 0.478 e. The van der Waals surface area contributed by atoms with Gasteiger partial charge in [-0.05, 0) is 63.1 Å². The van der Waals surface area contributed by atoms with Crippen LogP contribution in [0.5, 0.6) is 5.75 Å². The van der Waals surface area contributed by atoms with E-state index in [2.05, 4.69) is 4.98 Å². The van der Waals surface area contributed by atoms with Crippen LogP contribution in [0.2, 0.25) is 0 Å². The van der Waals surface area contributed by atoms with Gasteiger partial charge in [-0.2, -0.15) is 13.2 Å². The van der Waals surface area contributed by atoms with E-state index in [1.807, 2.05) is 6.92 Å². The van der Waals surface area contributed by atoms with Crippen LogP contribution in [-0.2, 0) is 23.9 Å². The maximum absolute atomic E-state index is 13.1. The fourth-order valence-electron chi connectivity index (χ4n) is 3.74. The number of carbonyl (C=O) groups is 2. The summed E-state index contributed by atoms with van der Waals surface area (Å²) >= 11 is 1.35. The van der Waals surface area contributed by atoms with Gasteiger partial charge >= 0.3 is 12.1 Å². The van der Waals surface area contributed by atoms with Crippen molar-refractivity contribution in [3.8, 4) is 16.3 Å². The molecule has 2 aromatic carbocycles. The van der Waals surface area contributed by atoms with Crippen molar-refractivity contribution < 1.29 is 32.6 Å². The maximum Gasteiger partial charge on any atom is 0.416 e. The number of halogens is 3. The number of hydrogen-bond acceptors (Lipinski definition) is 5. The molecule has 2 heterocycles. The number of aromatic nitrogens is 1. The van der Waals surface area contributed by atoms with Gasteiger partial charge in [-0.25, -0.2) is 9.78 Å². The van der Waals surface area contributed by atoms with Crippen molar-refractivity contribution in [2.75, 3.05) is 6.54 Å². The third kappa shape index (κ3) is 5.17. The lowest BCUT2D eigenvalue weighted by Gasteiger charge is -2.29. The number of ether oxygens (including phenoxy) is 1. The van der Waals surface area contributed by atoms with E-state index in [0.29, 0.717) is 41.4 Å². The van der Waals surface area contributed by atoms with E-state index < -0.39 is 23.3 Å². The summed E-state index contributed by atoms with van der Waals surface area (Å²) in [6.45, 7) is 5.53. The van der Waals surface area contributed by atoms with E-state index >= 15 is 0 Å². The molecule has 1 aliphatic heterocycles. The number of amides is 1. The molecule has 1 amide bonds. The van der Waals surface area contributed by atoms with Crippen molar-refractivity contribution in [1.82, 2.24) is 9.88 Å². The van der Waals surface area contributed by atoms with Crippen molar-refractivity contribution in [3.05, 3.63) is 69.7 Å². The Morgan fingerprint density at radius 3 is 2.49 bits per heavy atom. The van der Waals surface area contributed by atoms with Gasteiger partial charge in [0, 0.05) is 22.5 Å². The Balaban J connectivity index is 1.49. The van der Waals surface area contributed by atoms with Gasteiger partial charge in [0.05, 0.1) is 17.8 Å². The number of benzene rings is 2. The molecule has 0 spiro atoms. The highest BCUT2D eigenvalue weighted by molar-refractivity contribution is 7.15. The first kappa shape index (κ1) is 24.7. The summed E-state index contributed by atoms with van der Waals surface area (Å²) in [6.07, 6.45) is -3.82. The smallest absolute Gasteiger partial charge is 0.416 e. The molecule has 0 unspecified atom stereocenters. The molecule has 0 aliphatic carbocycles. The zero-order valence-electron chi connectivity index (χ0n) is 19.3. The highest BCUT2D eigenvalue weighted by Gasteiger charge is 2.32. The van der Waals surface area contributed by atoms with E-state index in [9.17, 15) is 27.9 Å². The topological polar surface area (TPSA) is 79.7 Å². The fraction of sp³-hybridized carbons (Fsp3) is 0.320. The summed E-state index contributed by atoms with van der Waals surface area (Å²) in [5.41, 5.74) is 0.520. The number of nitrogens with zero attached hydrogens (tertiary/aromatic N) is 2. The third-order valence-electron chi connectivity index (χ3n) is 5.82. The number of hydrogen-bond donors (Lipinski definition) is 1. The van der Waals surface area contributed by atoms with Gasteiger partial charge in [0.15, 0.2) is 5.60 Å². The molecule has 1 aliphatic rings. The fourth-order valence-corrected chi connectivity index (χ4v) is 4.82. The summed E-state index contributed by atoms with van der Waals surface area (Å²) in [5.74, 6) is -0.857. The molecule has 1 N–H and O–H groups in total. The van der Waals surface area contributed by atoms with E-state index in [1.54, 1.807) is 23.1 Å². The number of alkyl halides is 3. The maximum atomic E-state index is 13.1. The van der Waals surface area contributed by atoms with Crippen LogP contribution in [0.3, 0.4) is 0 Å². The normalized spacial score (nSPS) is 14.1. The van der Waals surface area contributed by atoms with Crippen LogP contribution >= 0.6 is 11.3 Å². The van der Waals surface area contributed by atoms with Crippen molar-refractivity contribution >= 4 is 23.2 Å². The molecule has 0 radical (unpaired) electrons. The minimum absolute atomic E-state index is 0.154. The molecule has 0 bridgehead atoms. The lowest BCUT2D eigenvalue weighted by Crippen LogP contribution is -2.38. The van der Waals surface area contributed by atoms with Crippen LogP contribution in [0, 0.1) is 6.92 Å². The van der Waals surface area contributed by atoms with Crippen molar-refractivity contribution in [3.63, 3.8) is 0 Å². The monoisotopic (exact) mass is 504 g/mol. The first-order chi connectivity index (χ1) is 16.3. The van der Waals surface area contributed by atoms with E-state index in [4.69, 9.17) is 4.74 Å². The van der Waals surface area contributed by atoms with Crippen LogP contribution in [0.4, 0.5) is 13.2 Å². The molecular formula is C25H23F3N2O4S. The molecule has 10 heteroatoms. The summed E-state index contributed by atoms with van der Waals surface area (Å²) in [5, 5.41) is 9.86. The number of rotatable bonds is 6. The van der Waals surface area contributed by atoms with Crippen LogP contribution in [0.25, 0.3) is 10.6 Å². The van der Waals surface area contributed by atoms with Crippen molar-refractivity contribution in [1.29, 1.82) is 0 Å². The zero-order valence-corrected chi connectivity index (χ0v) is 20.1. The van der Waals surface area contributed by atoms with Gasteiger partial charge in [0.2, 0.25) is 0 Å². The number of thiazole rings is 1. The second kappa shape index (κ2) is 8.99. The predicted octanol–water partition coefficient (Wildman–Crippen LogP) is 5.58. The molecule has 6 nitrogen and oxygen atoms in total. The number of carboxylic acid groups (broad SMARTS) is 1. The van der Waals surface area contributed by atoms with Crippen LogP contribution in [0.1, 0.15) is 45.9 Å². The lowest BCUT2D eigenvalue weighted by atomic mass is 9.98. The molecule has 0 fully saturated rings. The predicted molar refractivity (Wildman–Crippen MR) is 125 cm³/mol. The molecule has 0 saturated heterocycles. The number of aliphatic carboxylic acids is 1. The van der Waals surface area contributed by atoms with Crippen LogP contribution in [0.15, 0.2) is 42.5 Å². The Kier molecular flexibility index (Phi) is 6.35. The zero-order chi connectivity index (χ0) is 25.5. The molecule has 4 rings (SSSR count). The van der Waals surface area contributed by atoms with Gasteiger partial charge in [-0.1, -0.05) is 12.1 Å². The minimum atomic E-state index is -4.40. The van der Waals surface area contributed by atoms with E-state index in [1.165, 1.54) is 37.3 Å². The van der Waals surface area contributed by atoms with Crippen LogP contribution < -0.4 is 4.74 Å². The van der Waals surface area contributed by atoms with Gasteiger partial charge in [-0.3, -0.25) is 4.79 Å². The number of fused-ring (bicyclic) bond motifs is 1. The standard InChI is InChI=1S/C25H23F3N2O4S/c1-14-20(35-21(29-14)15-4-6-17(7-5-15)25(26,27)28)13-30-11-10-16-12-18(8-9-19(16)22(30)31)34-24(2,3)23(32)33/h4-9,12H,10-11,13H2,1-3H3,(H,32,33). The number of carboxylic acids is 1. The second-order valence-electron chi connectivity index (χ2n) is 8.82. The Hall–Kier alpha value is -3.40. The second-order valence-corrected chi connectivity index (χ2v) is 9.90. The van der Waals surface area contributed by atoms with Crippen molar-refractivity contribution in [2.24, 2.45) is 0 Å². The number of carbonyl (C=O) groups excluding carboxylic acids is 1. The Bertz CT molecular complexity index is 1280. The molecule has 0 saturated carbocycles. The summed E-state index contributed by atoms with van der Waals surface area (Å²) in [6, 6.07) is 9.81. The highest BCUT2D eigenvalue weighted by Crippen LogP contribution is 2.34. The quantitative estimate of drug-likeness (QED) is 0.474. The van der Waals surface area contributed by atoms with Gasteiger partial charge < -0.3 is 14.7 Å².